The second-order valence-electron chi connectivity index (χ2n) is 6.10. The fourth-order valence-electron chi connectivity index (χ4n) is 3.27. The van der Waals surface area contributed by atoms with Gasteiger partial charge < -0.3 is 9.47 Å². The zero-order chi connectivity index (χ0) is 17.1. The number of piperidine rings is 1. The molecule has 0 radical (unpaired) electrons. The van der Waals surface area contributed by atoms with Crippen molar-refractivity contribution in [2.24, 2.45) is 0 Å². The van der Waals surface area contributed by atoms with Crippen LogP contribution in [0.2, 0.25) is 0 Å². The van der Waals surface area contributed by atoms with Crippen molar-refractivity contribution in [2.75, 3.05) is 6.54 Å². The lowest BCUT2D eigenvalue weighted by atomic mass is 9.94. The third kappa shape index (κ3) is 3.25. The van der Waals surface area contributed by atoms with Gasteiger partial charge >= 0.3 is 0 Å². The van der Waals surface area contributed by atoms with E-state index in [0.717, 1.165) is 24.8 Å². The van der Waals surface area contributed by atoms with Crippen LogP contribution in [-0.2, 0) is 6.54 Å². The van der Waals surface area contributed by atoms with Crippen LogP contribution in [0.5, 0.6) is 0 Å². The molecule has 1 fully saturated rings. The van der Waals surface area contributed by atoms with Crippen molar-refractivity contribution in [1.82, 2.24) is 9.47 Å². The molecule has 0 aliphatic carbocycles. The van der Waals surface area contributed by atoms with E-state index < -0.39 is 0 Å². The van der Waals surface area contributed by atoms with Crippen LogP contribution in [0.4, 0.5) is 4.39 Å². The first-order valence-corrected chi connectivity index (χ1v) is 8.37. The van der Waals surface area contributed by atoms with Crippen molar-refractivity contribution in [1.29, 1.82) is 0 Å². The number of hydrogen-bond donors (Lipinski definition) is 0. The maximum atomic E-state index is 13.2. The summed E-state index contributed by atoms with van der Waals surface area (Å²) in [6.07, 6.45) is 4.48. The number of rotatable bonds is 3. The Morgan fingerprint density at radius 2 is 1.96 bits per heavy atom. The highest BCUT2D eigenvalue weighted by Gasteiger charge is 2.28. The predicted octanol–water partition coefficient (Wildman–Crippen LogP) is 3.37. The van der Waals surface area contributed by atoms with Crippen molar-refractivity contribution in [2.45, 2.75) is 38.8 Å². The highest BCUT2D eigenvalue weighted by Crippen LogP contribution is 2.32. The highest BCUT2D eigenvalue weighted by molar-refractivity contribution is 5.94. The summed E-state index contributed by atoms with van der Waals surface area (Å²) in [6.45, 7) is 3.12. The Balaban J connectivity index is 1.89. The molecule has 1 saturated heterocycles. The maximum absolute atomic E-state index is 13.2. The van der Waals surface area contributed by atoms with Crippen LogP contribution < -0.4 is 5.56 Å². The summed E-state index contributed by atoms with van der Waals surface area (Å²) in [5.41, 5.74) is 1.18. The lowest BCUT2D eigenvalue weighted by molar-refractivity contribution is 0.0611. The van der Waals surface area contributed by atoms with Gasteiger partial charge in [-0.15, -0.1) is 0 Å². The van der Waals surface area contributed by atoms with Gasteiger partial charge in [-0.2, -0.15) is 0 Å². The van der Waals surface area contributed by atoms with Crippen molar-refractivity contribution >= 4 is 5.91 Å². The average Bonchev–Trinajstić information content (AvgIpc) is 2.62. The van der Waals surface area contributed by atoms with Gasteiger partial charge in [-0.3, -0.25) is 9.59 Å². The van der Waals surface area contributed by atoms with Crippen molar-refractivity contribution in [3.63, 3.8) is 0 Å². The van der Waals surface area contributed by atoms with Crippen LogP contribution in [0.25, 0.3) is 0 Å². The van der Waals surface area contributed by atoms with Gasteiger partial charge in [0.05, 0.1) is 6.04 Å². The van der Waals surface area contributed by atoms with Crippen LogP contribution in [0.15, 0.2) is 47.4 Å². The van der Waals surface area contributed by atoms with E-state index >= 15 is 0 Å². The molecule has 1 amide bonds. The molecule has 0 bridgehead atoms. The first kappa shape index (κ1) is 16.4. The average molecular weight is 328 g/mol. The molecular formula is C19H21FN2O2. The molecule has 5 heteroatoms. The summed E-state index contributed by atoms with van der Waals surface area (Å²) in [6, 6.07) is 9.36. The number of likely N-dealkylation sites (tertiary alicyclic amines) is 1. The van der Waals surface area contributed by atoms with Crippen molar-refractivity contribution in [3.05, 3.63) is 69.9 Å². The molecule has 1 aliphatic heterocycles. The summed E-state index contributed by atoms with van der Waals surface area (Å²) >= 11 is 0. The molecule has 4 nitrogen and oxygen atoms in total. The summed E-state index contributed by atoms with van der Waals surface area (Å²) < 4.78 is 14.7. The first-order chi connectivity index (χ1) is 11.6. The Morgan fingerprint density at radius 3 is 2.62 bits per heavy atom. The molecule has 126 valence electrons. The Hall–Kier alpha value is -2.43. The Bertz CT molecular complexity index is 783. The van der Waals surface area contributed by atoms with Crippen LogP contribution in [0, 0.1) is 5.82 Å². The van der Waals surface area contributed by atoms with Gasteiger partial charge in [0.2, 0.25) is 0 Å². The molecule has 0 spiro atoms. The van der Waals surface area contributed by atoms with Gasteiger partial charge in [0.15, 0.2) is 0 Å². The van der Waals surface area contributed by atoms with E-state index in [1.54, 1.807) is 29.0 Å². The summed E-state index contributed by atoms with van der Waals surface area (Å²) in [4.78, 5) is 26.7. The molecule has 0 saturated carbocycles. The minimum Gasteiger partial charge on any atom is -0.332 e. The van der Waals surface area contributed by atoms with Gasteiger partial charge in [-0.1, -0.05) is 12.1 Å². The molecule has 24 heavy (non-hydrogen) atoms. The van der Waals surface area contributed by atoms with Crippen molar-refractivity contribution < 1.29 is 9.18 Å². The van der Waals surface area contributed by atoms with Crippen LogP contribution in [0.3, 0.4) is 0 Å². The number of carbonyl (C=O) groups excluding carboxylic acids is 1. The normalized spacial score (nSPS) is 17.8. The predicted molar refractivity (Wildman–Crippen MR) is 90.4 cm³/mol. The summed E-state index contributed by atoms with van der Waals surface area (Å²) in [7, 11) is 0. The lowest BCUT2D eigenvalue weighted by Crippen LogP contribution is -2.39. The zero-order valence-corrected chi connectivity index (χ0v) is 13.7. The number of aryl methyl sites for hydroxylation is 1. The minimum atomic E-state index is -0.282. The monoisotopic (exact) mass is 328 g/mol. The van der Waals surface area contributed by atoms with E-state index in [2.05, 4.69) is 0 Å². The van der Waals surface area contributed by atoms with Crippen LogP contribution in [-0.4, -0.2) is 21.9 Å². The third-order valence-electron chi connectivity index (χ3n) is 4.60. The molecule has 1 aromatic carbocycles. The second-order valence-corrected chi connectivity index (χ2v) is 6.10. The quantitative estimate of drug-likeness (QED) is 0.867. The van der Waals surface area contributed by atoms with E-state index in [0.29, 0.717) is 18.7 Å². The smallest absolute Gasteiger partial charge is 0.254 e. The number of nitrogens with zero attached hydrogens (tertiary/aromatic N) is 2. The highest BCUT2D eigenvalue weighted by atomic mass is 19.1. The molecule has 2 aromatic rings. The Morgan fingerprint density at radius 1 is 1.21 bits per heavy atom. The number of benzene rings is 1. The first-order valence-electron chi connectivity index (χ1n) is 8.37. The number of pyridine rings is 1. The van der Waals surface area contributed by atoms with Gasteiger partial charge in [0.25, 0.3) is 11.5 Å². The summed E-state index contributed by atoms with van der Waals surface area (Å²) in [5, 5.41) is 0. The topological polar surface area (TPSA) is 42.3 Å². The van der Waals surface area contributed by atoms with Gasteiger partial charge in [0, 0.05) is 30.9 Å². The SMILES string of the molecule is CCn1ccc(C(=O)N2CCCCC2c2ccc(F)cc2)cc1=O. The van der Waals surface area contributed by atoms with Crippen molar-refractivity contribution in [3.8, 4) is 0 Å². The fraction of sp³-hybridized carbons (Fsp3) is 0.368. The molecule has 3 rings (SSSR count). The molecule has 1 aliphatic rings. The molecule has 1 atom stereocenters. The largest absolute Gasteiger partial charge is 0.332 e. The number of carbonyl (C=O) groups is 1. The van der Waals surface area contributed by atoms with Gasteiger partial charge in [0.1, 0.15) is 5.82 Å². The second kappa shape index (κ2) is 6.99. The Kier molecular flexibility index (Phi) is 4.79. The number of aromatic nitrogens is 1. The number of hydrogen-bond acceptors (Lipinski definition) is 2. The fourth-order valence-corrected chi connectivity index (χ4v) is 3.27. The number of halogens is 1. The van der Waals surface area contributed by atoms with E-state index in [9.17, 15) is 14.0 Å². The lowest BCUT2D eigenvalue weighted by Gasteiger charge is -2.36. The summed E-state index contributed by atoms with van der Waals surface area (Å²) in [5.74, 6) is -0.417. The van der Waals surface area contributed by atoms with E-state index in [-0.39, 0.29) is 23.3 Å². The molecule has 1 unspecified atom stereocenters. The maximum Gasteiger partial charge on any atom is 0.254 e. The molecule has 2 heterocycles. The van der Waals surface area contributed by atoms with E-state index in [1.807, 2.05) is 11.8 Å². The molecule has 0 N–H and O–H groups in total. The molecular weight excluding hydrogens is 307 g/mol. The van der Waals surface area contributed by atoms with E-state index in [4.69, 9.17) is 0 Å². The Labute approximate surface area is 140 Å². The third-order valence-corrected chi connectivity index (χ3v) is 4.60. The standard InChI is InChI=1S/C19H21FN2O2/c1-2-21-12-10-15(13-18(21)23)19(24)22-11-4-3-5-17(22)14-6-8-16(20)9-7-14/h6-10,12-13,17H,2-5,11H2,1H3. The van der Waals surface area contributed by atoms with Gasteiger partial charge in [-0.05, 0) is 49.9 Å². The van der Waals surface area contributed by atoms with Crippen LogP contribution >= 0.6 is 0 Å². The van der Waals surface area contributed by atoms with Crippen LogP contribution in [0.1, 0.15) is 48.1 Å². The zero-order valence-electron chi connectivity index (χ0n) is 13.7. The van der Waals surface area contributed by atoms with E-state index in [1.165, 1.54) is 18.2 Å². The minimum absolute atomic E-state index is 0.0690. The number of amides is 1. The van der Waals surface area contributed by atoms with Gasteiger partial charge in [-0.25, -0.2) is 4.39 Å². The molecule has 1 aromatic heterocycles.